The van der Waals surface area contributed by atoms with Crippen molar-refractivity contribution < 1.29 is 19.1 Å². The minimum atomic E-state index is -0.419. The van der Waals surface area contributed by atoms with Crippen molar-refractivity contribution in [1.29, 1.82) is 0 Å². The summed E-state index contributed by atoms with van der Waals surface area (Å²) in [6.07, 6.45) is 0.179. The first-order valence-corrected chi connectivity index (χ1v) is 9.31. The van der Waals surface area contributed by atoms with Gasteiger partial charge in [-0.3, -0.25) is 9.59 Å². The predicted octanol–water partition coefficient (Wildman–Crippen LogP) is 4.05. The van der Waals surface area contributed by atoms with Crippen molar-refractivity contribution in [3.05, 3.63) is 82.6 Å². The Labute approximate surface area is 161 Å². The SMILES string of the molecule is O=C(COC(=O)Cc1cccs1)Nc1ccc(OCc2ccccc2)cc1. The highest BCUT2D eigenvalue weighted by atomic mass is 32.1. The van der Waals surface area contributed by atoms with Crippen molar-refractivity contribution >= 4 is 28.9 Å². The smallest absolute Gasteiger partial charge is 0.311 e. The number of carbonyl (C=O) groups is 2. The molecule has 3 rings (SSSR count). The van der Waals surface area contributed by atoms with Crippen LogP contribution in [0.2, 0.25) is 0 Å². The number of hydrogen-bond acceptors (Lipinski definition) is 5. The first-order chi connectivity index (χ1) is 13.2. The van der Waals surface area contributed by atoms with Crippen LogP contribution in [0.5, 0.6) is 5.75 Å². The summed E-state index contributed by atoms with van der Waals surface area (Å²) in [7, 11) is 0. The predicted molar refractivity (Wildman–Crippen MR) is 105 cm³/mol. The molecule has 3 aromatic rings. The van der Waals surface area contributed by atoms with Crippen LogP contribution in [-0.2, 0) is 27.4 Å². The third-order valence-electron chi connectivity index (χ3n) is 3.65. The summed E-state index contributed by atoms with van der Waals surface area (Å²) in [4.78, 5) is 24.5. The fourth-order valence-corrected chi connectivity index (χ4v) is 3.02. The molecule has 1 amide bonds. The van der Waals surface area contributed by atoms with Crippen molar-refractivity contribution in [3.8, 4) is 5.75 Å². The number of nitrogens with one attached hydrogen (secondary N) is 1. The summed E-state index contributed by atoms with van der Waals surface area (Å²) < 4.78 is 10.7. The number of ether oxygens (including phenoxy) is 2. The molecular formula is C21H19NO4S. The van der Waals surface area contributed by atoms with Crippen molar-refractivity contribution in [1.82, 2.24) is 0 Å². The van der Waals surface area contributed by atoms with E-state index in [1.165, 1.54) is 11.3 Å². The van der Waals surface area contributed by atoms with E-state index in [0.717, 1.165) is 10.4 Å². The number of carbonyl (C=O) groups excluding carboxylic acids is 2. The molecule has 1 heterocycles. The molecule has 1 aromatic heterocycles. The Balaban J connectivity index is 1.40. The molecule has 0 aliphatic carbocycles. The maximum absolute atomic E-state index is 11.9. The van der Waals surface area contributed by atoms with E-state index >= 15 is 0 Å². The van der Waals surface area contributed by atoms with E-state index in [1.807, 2.05) is 47.8 Å². The Morgan fingerprint density at radius 2 is 1.70 bits per heavy atom. The van der Waals surface area contributed by atoms with Gasteiger partial charge in [-0.2, -0.15) is 0 Å². The summed E-state index contributed by atoms with van der Waals surface area (Å²) in [5.41, 5.74) is 1.70. The van der Waals surface area contributed by atoms with Gasteiger partial charge >= 0.3 is 5.97 Å². The Morgan fingerprint density at radius 3 is 2.41 bits per heavy atom. The average Bonchev–Trinajstić information content (AvgIpc) is 3.20. The van der Waals surface area contributed by atoms with E-state index in [9.17, 15) is 9.59 Å². The fourth-order valence-electron chi connectivity index (χ4n) is 2.32. The van der Waals surface area contributed by atoms with Gasteiger partial charge in [0.15, 0.2) is 6.61 Å². The Bertz CT molecular complexity index is 861. The lowest BCUT2D eigenvalue weighted by molar-refractivity contribution is -0.146. The molecule has 0 radical (unpaired) electrons. The Kier molecular flexibility index (Phi) is 6.60. The highest BCUT2D eigenvalue weighted by molar-refractivity contribution is 7.10. The average molecular weight is 381 g/mol. The van der Waals surface area contributed by atoms with Crippen LogP contribution in [0.25, 0.3) is 0 Å². The van der Waals surface area contributed by atoms with Crippen LogP contribution in [0.15, 0.2) is 72.1 Å². The van der Waals surface area contributed by atoms with E-state index in [1.54, 1.807) is 24.3 Å². The van der Waals surface area contributed by atoms with E-state index in [2.05, 4.69) is 5.32 Å². The normalized spacial score (nSPS) is 10.2. The second-order valence-corrected chi connectivity index (χ2v) is 6.80. The van der Waals surface area contributed by atoms with E-state index in [0.29, 0.717) is 18.0 Å². The van der Waals surface area contributed by atoms with Crippen LogP contribution in [-0.4, -0.2) is 18.5 Å². The first kappa shape index (κ1) is 18.7. The molecule has 0 atom stereocenters. The van der Waals surface area contributed by atoms with Gasteiger partial charge in [0, 0.05) is 10.6 Å². The lowest BCUT2D eigenvalue weighted by Gasteiger charge is -2.09. The zero-order valence-corrected chi connectivity index (χ0v) is 15.4. The molecule has 27 heavy (non-hydrogen) atoms. The van der Waals surface area contributed by atoms with Crippen LogP contribution < -0.4 is 10.1 Å². The number of amides is 1. The number of thiophene rings is 1. The van der Waals surface area contributed by atoms with Crippen LogP contribution in [0.4, 0.5) is 5.69 Å². The van der Waals surface area contributed by atoms with Crippen LogP contribution >= 0.6 is 11.3 Å². The molecule has 0 unspecified atom stereocenters. The van der Waals surface area contributed by atoms with Gasteiger partial charge in [0.2, 0.25) is 0 Å². The third kappa shape index (κ3) is 6.27. The van der Waals surface area contributed by atoms with Gasteiger partial charge in [-0.15, -0.1) is 11.3 Å². The molecule has 6 heteroatoms. The van der Waals surface area contributed by atoms with Crippen LogP contribution in [0.3, 0.4) is 0 Å². The lowest BCUT2D eigenvalue weighted by atomic mass is 10.2. The molecule has 1 N–H and O–H groups in total. The van der Waals surface area contributed by atoms with Crippen molar-refractivity contribution in [3.63, 3.8) is 0 Å². The molecule has 0 aliphatic heterocycles. The van der Waals surface area contributed by atoms with E-state index in [4.69, 9.17) is 9.47 Å². The third-order valence-corrected chi connectivity index (χ3v) is 4.53. The summed E-state index contributed by atoms with van der Waals surface area (Å²) in [5, 5.41) is 4.58. The number of rotatable bonds is 8. The fraction of sp³-hybridized carbons (Fsp3) is 0.143. The van der Waals surface area contributed by atoms with Crippen LogP contribution in [0.1, 0.15) is 10.4 Å². The molecule has 0 bridgehead atoms. The standard InChI is InChI=1S/C21H19NO4S/c23-20(15-26-21(24)13-19-7-4-12-27-19)22-17-8-10-18(11-9-17)25-14-16-5-2-1-3-6-16/h1-12H,13-15H2,(H,22,23). The summed E-state index contributed by atoms with van der Waals surface area (Å²) in [5.74, 6) is -0.0935. The molecule has 5 nitrogen and oxygen atoms in total. The molecule has 2 aromatic carbocycles. The van der Waals surface area contributed by atoms with Gasteiger partial charge in [-0.25, -0.2) is 0 Å². The maximum Gasteiger partial charge on any atom is 0.311 e. The lowest BCUT2D eigenvalue weighted by Crippen LogP contribution is -2.21. The minimum absolute atomic E-state index is 0.179. The number of benzene rings is 2. The zero-order valence-electron chi connectivity index (χ0n) is 14.6. The molecule has 0 saturated heterocycles. The van der Waals surface area contributed by atoms with Crippen molar-refractivity contribution in [2.75, 3.05) is 11.9 Å². The van der Waals surface area contributed by atoms with E-state index < -0.39 is 5.97 Å². The number of anilines is 1. The summed E-state index contributed by atoms with van der Waals surface area (Å²) >= 11 is 1.48. The van der Waals surface area contributed by atoms with Gasteiger partial charge in [0.05, 0.1) is 6.42 Å². The number of esters is 1. The van der Waals surface area contributed by atoms with E-state index in [-0.39, 0.29) is 18.9 Å². The van der Waals surface area contributed by atoms with Crippen molar-refractivity contribution in [2.45, 2.75) is 13.0 Å². The maximum atomic E-state index is 11.9. The molecule has 0 saturated carbocycles. The van der Waals surface area contributed by atoms with Gasteiger partial charge < -0.3 is 14.8 Å². The van der Waals surface area contributed by atoms with Gasteiger partial charge in [-0.05, 0) is 41.3 Å². The number of hydrogen-bond donors (Lipinski definition) is 1. The molecule has 0 fully saturated rings. The highest BCUT2D eigenvalue weighted by Crippen LogP contribution is 2.17. The minimum Gasteiger partial charge on any atom is -0.489 e. The molecule has 138 valence electrons. The first-order valence-electron chi connectivity index (χ1n) is 8.44. The highest BCUT2D eigenvalue weighted by Gasteiger charge is 2.09. The summed E-state index contributed by atoms with van der Waals surface area (Å²) in [6.45, 7) is 0.170. The van der Waals surface area contributed by atoms with Gasteiger partial charge in [0.25, 0.3) is 5.91 Å². The van der Waals surface area contributed by atoms with Crippen molar-refractivity contribution in [2.24, 2.45) is 0 Å². The van der Waals surface area contributed by atoms with Gasteiger partial charge in [-0.1, -0.05) is 36.4 Å². The second-order valence-electron chi connectivity index (χ2n) is 5.76. The zero-order chi connectivity index (χ0) is 18.9. The quantitative estimate of drug-likeness (QED) is 0.598. The second kappa shape index (κ2) is 9.54. The summed E-state index contributed by atoms with van der Waals surface area (Å²) in [6, 6.07) is 20.6. The largest absolute Gasteiger partial charge is 0.489 e. The van der Waals surface area contributed by atoms with Crippen LogP contribution in [0, 0.1) is 0 Å². The molecule has 0 aliphatic rings. The topological polar surface area (TPSA) is 64.6 Å². The molecule has 0 spiro atoms. The van der Waals surface area contributed by atoms with Gasteiger partial charge in [0.1, 0.15) is 12.4 Å². The Hall–Kier alpha value is -3.12. The monoisotopic (exact) mass is 381 g/mol. The molecular weight excluding hydrogens is 362 g/mol. The Morgan fingerprint density at radius 1 is 0.926 bits per heavy atom.